The van der Waals surface area contributed by atoms with Crippen LogP contribution < -0.4 is 5.32 Å². The smallest absolute Gasteiger partial charge is 0.256 e. The van der Waals surface area contributed by atoms with Gasteiger partial charge in [-0.2, -0.15) is 15.0 Å². The van der Waals surface area contributed by atoms with Gasteiger partial charge in [-0.25, -0.2) is 9.37 Å². The molecule has 31 heavy (non-hydrogen) atoms. The molecule has 0 spiro atoms. The van der Waals surface area contributed by atoms with Gasteiger partial charge in [0.25, 0.3) is 5.91 Å². The van der Waals surface area contributed by atoms with Gasteiger partial charge in [-0.05, 0) is 44.2 Å². The van der Waals surface area contributed by atoms with Crippen molar-refractivity contribution >= 4 is 23.3 Å². The predicted molar refractivity (Wildman–Crippen MR) is 114 cm³/mol. The van der Waals surface area contributed by atoms with Crippen LogP contribution in [0, 0.1) is 5.82 Å². The molecule has 1 aromatic carbocycles. The highest BCUT2D eigenvalue weighted by Gasteiger charge is 2.37. The Bertz CT molecular complexity index is 1050. The van der Waals surface area contributed by atoms with Crippen LogP contribution in [-0.2, 0) is 4.74 Å². The number of pyridine rings is 1. The number of hydrogen-bond acceptors (Lipinski definition) is 6. The van der Waals surface area contributed by atoms with E-state index in [1.807, 2.05) is 13.8 Å². The topological polar surface area (TPSA) is 85.2 Å². The van der Waals surface area contributed by atoms with Crippen molar-refractivity contribution in [1.29, 1.82) is 0 Å². The summed E-state index contributed by atoms with van der Waals surface area (Å²) in [6, 6.07) is 7.20. The highest BCUT2D eigenvalue weighted by Crippen LogP contribution is 2.24. The van der Waals surface area contributed by atoms with E-state index in [4.69, 9.17) is 16.3 Å². The Hall–Kier alpha value is -3.04. The second-order valence-corrected chi connectivity index (χ2v) is 7.84. The van der Waals surface area contributed by atoms with E-state index >= 15 is 0 Å². The number of halogens is 2. The van der Waals surface area contributed by atoms with Crippen molar-refractivity contribution in [3.63, 3.8) is 0 Å². The summed E-state index contributed by atoms with van der Waals surface area (Å²) in [6.45, 7) is 4.59. The van der Waals surface area contributed by atoms with E-state index in [9.17, 15) is 9.18 Å². The molecule has 1 N–H and O–H groups in total. The lowest BCUT2D eigenvalue weighted by Crippen LogP contribution is -2.58. The summed E-state index contributed by atoms with van der Waals surface area (Å²) in [6.07, 6.45) is 4.15. The molecule has 1 saturated heterocycles. The molecule has 1 amide bonds. The van der Waals surface area contributed by atoms with Gasteiger partial charge in [0.15, 0.2) is 0 Å². The molecule has 8 nitrogen and oxygen atoms in total. The van der Waals surface area contributed by atoms with E-state index in [-0.39, 0.29) is 29.7 Å². The Morgan fingerprint density at radius 2 is 2.03 bits per heavy atom. The van der Waals surface area contributed by atoms with Crippen LogP contribution in [-0.4, -0.2) is 62.1 Å². The predicted octanol–water partition coefficient (Wildman–Crippen LogP) is 3.18. The lowest BCUT2D eigenvalue weighted by Gasteiger charge is -2.43. The maximum Gasteiger partial charge on any atom is 0.256 e. The summed E-state index contributed by atoms with van der Waals surface area (Å²) >= 11 is 5.90. The molecule has 3 aromatic rings. The zero-order valence-corrected chi connectivity index (χ0v) is 17.8. The van der Waals surface area contributed by atoms with Crippen LogP contribution in [0.3, 0.4) is 0 Å². The molecule has 3 atom stereocenters. The molecule has 1 aliphatic rings. The van der Waals surface area contributed by atoms with Crippen LogP contribution in [0.15, 0.2) is 48.9 Å². The normalized spacial score (nSPS) is 21.2. The average molecular weight is 445 g/mol. The molecule has 0 bridgehead atoms. The number of carbonyl (C=O) groups is 1. The van der Waals surface area contributed by atoms with Crippen LogP contribution in [0.2, 0.25) is 5.02 Å². The van der Waals surface area contributed by atoms with Crippen molar-refractivity contribution in [3.05, 3.63) is 65.3 Å². The molecule has 1 aliphatic heterocycles. The summed E-state index contributed by atoms with van der Waals surface area (Å²) in [7, 11) is 0. The van der Waals surface area contributed by atoms with Gasteiger partial charge in [-0.3, -0.25) is 4.79 Å². The summed E-state index contributed by atoms with van der Waals surface area (Å²) in [5, 5.41) is 12.0. The minimum absolute atomic E-state index is 0.163. The van der Waals surface area contributed by atoms with Gasteiger partial charge in [0.1, 0.15) is 11.6 Å². The number of aromatic nitrogens is 4. The first-order valence-corrected chi connectivity index (χ1v) is 10.3. The molecule has 3 heterocycles. The van der Waals surface area contributed by atoms with Crippen molar-refractivity contribution in [2.24, 2.45) is 0 Å². The first-order chi connectivity index (χ1) is 14.9. The Morgan fingerprint density at radius 3 is 2.74 bits per heavy atom. The molecule has 2 aromatic heterocycles. The second kappa shape index (κ2) is 8.99. The van der Waals surface area contributed by atoms with E-state index in [2.05, 4.69) is 20.5 Å². The van der Waals surface area contributed by atoms with Crippen LogP contribution in [0.4, 0.5) is 10.2 Å². The molecule has 1 fully saturated rings. The van der Waals surface area contributed by atoms with E-state index in [1.165, 1.54) is 35.4 Å². The summed E-state index contributed by atoms with van der Waals surface area (Å²) in [4.78, 5) is 20.9. The van der Waals surface area contributed by atoms with E-state index < -0.39 is 5.82 Å². The van der Waals surface area contributed by atoms with Crippen LogP contribution in [0.25, 0.3) is 5.69 Å². The summed E-state index contributed by atoms with van der Waals surface area (Å²) < 4.78 is 20.1. The molecule has 0 aliphatic carbocycles. The molecule has 4 rings (SSSR count). The summed E-state index contributed by atoms with van der Waals surface area (Å²) in [5.41, 5.74) is 0.599. The summed E-state index contributed by atoms with van der Waals surface area (Å²) in [5.74, 6) is -0.187. The van der Waals surface area contributed by atoms with E-state index in [0.717, 1.165) is 0 Å². The van der Waals surface area contributed by atoms with Crippen molar-refractivity contribution < 1.29 is 13.9 Å². The largest absolute Gasteiger partial charge is 0.372 e. The number of morpholine rings is 1. The first kappa shape index (κ1) is 21.2. The number of rotatable bonds is 5. The molecular weight excluding hydrogens is 423 g/mol. The third kappa shape index (κ3) is 4.67. The average Bonchev–Trinajstić information content (AvgIpc) is 3.28. The number of hydrogen-bond donors (Lipinski definition) is 1. The Kier molecular flexibility index (Phi) is 6.15. The highest BCUT2D eigenvalue weighted by molar-refractivity contribution is 6.30. The van der Waals surface area contributed by atoms with Crippen molar-refractivity contribution in [3.8, 4) is 5.69 Å². The first-order valence-electron chi connectivity index (χ1n) is 9.90. The fourth-order valence-corrected chi connectivity index (χ4v) is 3.83. The van der Waals surface area contributed by atoms with Crippen LogP contribution in [0.1, 0.15) is 24.2 Å². The number of ether oxygens (including phenoxy) is 1. The number of nitrogens with zero attached hydrogens (tertiary/aromatic N) is 5. The zero-order valence-electron chi connectivity index (χ0n) is 17.1. The van der Waals surface area contributed by atoms with Gasteiger partial charge in [0.2, 0.25) is 0 Å². The maximum absolute atomic E-state index is 14.1. The number of anilines is 1. The van der Waals surface area contributed by atoms with Gasteiger partial charge in [-0.15, -0.1) is 0 Å². The molecule has 162 valence electrons. The van der Waals surface area contributed by atoms with Gasteiger partial charge < -0.3 is 15.0 Å². The van der Waals surface area contributed by atoms with Crippen molar-refractivity contribution in [1.82, 2.24) is 24.9 Å². The van der Waals surface area contributed by atoms with Crippen molar-refractivity contribution in [2.75, 3.05) is 18.4 Å². The van der Waals surface area contributed by atoms with Gasteiger partial charge in [-0.1, -0.05) is 11.6 Å². The fourth-order valence-electron chi connectivity index (χ4n) is 3.71. The lowest BCUT2D eigenvalue weighted by atomic mass is 10.0. The zero-order chi connectivity index (χ0) is 22.0. The second-order valence-electron chi connectivity index (χ2n) is 7.40. The third-order valence-electron chi connectivity index (χ3n) is 5.15. The number of carbonyl (C=O) groups excluding carboxylic acids is 1. The number of benzene rings is 1. The quantitative estimate of drug-likeness (QED) is 0.650. The molecule has 10 heteroatoms. The minimum atomic E-state index is -0.506. The fraction of sp³-hybridized carbons (Fsp3) is 0.333. The SMILES string of the molecule is C[C@@H]1CN(C(=O)c2cc(F)ccc2-n2nccn2)[C@H](CNc2ccc(Cl)cn2)[C@H](C)O1. The lowest BCUT2D eigenvalue weighted by molar-refractivity contribution is -0.0879. The third-order valence-corrected chi connectivity index (χ3v) is 5.37. The van der Waals surface area contributed by atoms with Crippen molar-refractivity contribution in [2.45, 2.75) is 32.1 Å². The van der Waals surface area contributed by atoms with Gasteiger partial charge in [0, 0.05) is 19.3 Å². The Labute approximate surface area is 184 Å². The maximum atomic E-state index is 14.1. The van der Waals surface area contributed by atoms with Crippen LogP contribution in [0.5, 0.6) is 0 Å². The molecular formula is C21H22ClFN6O2. The Balaban J connectivity index is 1.62. The number of nitrogens with one attached hydrogen (secondary N) is 1. The molecule has 0 radical (unpaired) electrons. The monoisotopic (exact) mass is 444 g/mol. The van der Waals surface area contributed by atoms with Crippen LogP contribution >= 0.6 is 11.6 Å². The molecule has 0 saturated carbocycles. The highest BCUT2D eigenvalue weighted by atomic mass is 35.5. The Morgan fingerprint density at radius 1 is 1.26 bits per heavy atom. The molecule has 0 unspecified atom stereocenters. The van der Waals surface area contributed by atoms with E-state index in [1.54, 1.807) is 23.2 Å². The van der Waals surface area contributed by atoms with E-state index in [0.29, 0.717) is 29.6 Å². The minimum Gasteiger partial charge on any atom is -0.372 e. The number of amides is 1. The van der Waals surface area contributed by atoms with Gasteiger partial charge in [0.05, 0.1) is 46.9 Å². The van der Waals surface area contributed by atoms with Gasteiger partial charge >= 0.3 is 0 Å². The standard InChI is InChI=1S/C21H22ClFN6O2/c1-13-12-28(19(14(2)31-13)11-25-20-6-3-15(22)10-24-20)21(30)17-9-16(23)4-5-18(17)29-26-7-8-27-29/h3-10,13-14,19H,11-12H2,1-2H3,(H,24,25)/t13-,14+,19-/m1/s1.